The number of rotatable bonds is 10. The zero-order chi connectivity index (χ0) is 27.8. The van der Waals surface area contributed by atoms with Crippen LogP contribution in [0.5, 0.6) is 0 Å². The van der Waals surface area contributed by atoms with Crippen LogP contribution in [0.25, 0.3) is 0 Å². The molecule has 7 nitrogen and oxygen atoms in total. The van der Waals surface area contributed by atoms with Crippen LogP contribution in [0.15, 0.2) is 55.1 Å². The van der Waals surface area contributed by atoms with Crippen LogP contribution in [0.4, 0.5) is 10.5 Å². The van der Waals surface area contributed by atoms with Gasteiger partial charge in [-0.15, -0.1) is 6.58 Å². The molecule has 2 aromatic rings. The third kappa shape index (κ3) is 8.39. The van der Waals surface area contributed by atoms with Crippen molar-refractivity contribution in [1.82, 2.24) is 10.2 Å². The summed E-state index contributed by atoms with van der Waals surface area (Å²) in [5.74, 6) is -0.819. The summed E-state index contributed by atoms with van der Waals surface area (Å²) in [6, 6.07) is 11.4. The van der Waals surface area contributed by atoms with Gasteiger partial charge in [-0.25, -0.2) is 4.79 Å². The molecule has 2 unspecified atom stereocenters. The van der Waals surface area contributed by atoms with Crippen molar-refractivity contribution in [3.8, 4) is 0 Å². The fraction of sp³-hybridized carbons (Fsp3) is 0.414. The third-order valence-corrected chi connectivity index (χ3v) is 6.14. The Morgan fingerprint density at radius 2 is 1.68 bits per heavy atom. The summed E-state index contributed by atoms with van der Waals surface area (Å²) >= 11 is 4.30. The van der Waals surface area contributed by atoms with Crippen molar-refractivity contribution in [2.75, 3.05) is 17.6 Å². The van der Waals surface area contributed by atoms with Gasteiger partial charge in [0.15, 0.2) is 0 Å². The van der Waals surface area contributed by atoms with Crippen molar-refractivity contribution in [2.45, 2.75) is 65.6 Å². The van der Waals surface area contributed by atoms with E-state index < -0.39 is 29.7 Å². The van der Waals surface area contributed by atoms with Crippen LogP contribution in [0.3, 0.4) is 0 Å². The molecule has 0 aliphatic rings. The Kier molecular flexibility index (Phi) is 10.8. The van der Waals surface area contributed by atoms with Crippen molar-refractivity contribution in [1.29, 1.82) is 0 Å². The van der Waals surface area contributed by atoms with Gasteiger partial charge in [0.1, 0.15) is 17.7 Å². The van der Waals surface area contributed by atoms with Gasteiger partial charge in [-0.3, -0.25) is 9.59 Å². The van der Waals surface area contributed by atoms with Crippen LogP contribution in [0.2, 0.25) is 0 Å². The van der Waals surface area contributed by atoms with E-state index in [0.29, 0.717) is 11.3 Å². The summed E-state index contributed by atoms with van der Waals surface area (Å²) in [7, 11) is 0. The molecule has 0 aromatic heterocycles. The number of ether oxygens (including phenoxy) is 1. The molecule has 200 valence electrons. The second-order valence-corrected chi connectivity index (χ2v) is 10.3. The van der Waals surface area contributed by atoms with E-state index in [1.54, 1.807) is 26.8 Å². The number of nitrogens with zero attached hydrogens (tertiary/aromatic N) is 1. The average Bonchev–Trinajstić information content (AvgIpc) is 2.83. The summed E-state index contributed by atoms with van der Waals surface area (Å²) < 4.78 is 5.33. The van der Waals surface area contributed by atoms with E-state index in [4.69, 9.17) is 4.74 Å². The van der Waals surface area contributed by atoms with E-state index in [1.807, 2.05) is 63.2 Å². The van der Waals surface area contributed by atoms with Crippen LogP contribution >= 0.6 is 12.6 Å². The zero-order valence-corrected chi connectivity index (χ0v) is 23.5. The minimum Gasteiger partial charge on any atom is -0.444 e. The van der Waals surface area contributed by atoms with Gasteiger partial charge in [0.05, 0.1) is 0 Å². The van der Waals surface area contributed by atoms with E-state index in [0.717, 1.165) is 23.1 Å². The first kappa shape index (κ1) is 30.0. The molecule has 2 rings (SSSR count). The Labute approximate surface area is 226 Å². The molecule has 3 amide bonds. The second-order valence-electron chi connectivity index (χ2n) is 9.91. The smallest absolute Gasteiger partial charge is 0.408 e. The average molecular weight is 526 g/mol. The summed E-state index contributed by atoms with van der Waals surface area (Å²) in [5.41, 5.74) is 3.55. The van der Waals surface area contributed by atoms with Gasteiger partial charge in [-0.05, 0) is 63.3 Å². The van der Waals surface area contributed by atoms with Gasteiger partial charge in [-0.1, -0.05) is 55.5 Å². The molecule has 0 spiro atoms. The van der Waals surface area contributed by atoms with Gasteiger partial charge in [0, 0.05) is 18.0 Å². The quantitative estimate of drug-likeness (QED) is 0.287. The number of para-hydroxylation sites is 1. The van der Waals surface area contributed by atoms with Crippen molar-refractivity contribution < 1.29 is 19.1 Å². The van der Waals surface area contributed by atoms with Crippen LogP contribution < -0.4 is 10.6 Å². The molecule has 37 heavy (non-hydrogen) atoms. The molecule has 2 atom stereocenters. The summed E-state index contributed by atoms with van der Waals surface area (Å²) in [5, 5.41) is 5.63. The number of hydrogen-bond donors (Lipinski definition) is 3. The molecule has 0 aliphatic heterocycles. The molecule has 8 heteroatoms. The largest absolute Gasteiger partial charge is 0.444 e. The molecule has 0 saturated carbocycles. The highest BCUT2D eigenvalue weighted by Gasteiger charge is 2.35. The molecule has 2 N–H and O–H groups in total. The van der Waals surface area contributed by atoms with Gasteiger partial charge >= 0.3 is 6.09 Å². The van der Waals surface area contributed by atoms with Crippen molar-refractivity contribution in [3.63, 3.8) is 0 Å². The fourth-order valence-corrected chi connectivity index (χ4v) is 4.16. The van der Waals surface area contributed by atoms with Crippen molar-refractivity contribution >= 4 is 36.2 Å². The van der Waals surface area contributed by atoms with E-state index in [9.17, 15) is 14.4 Å². The topological polar surface area (TPSA) is 87.7 Å². The summed E-state index contributed by atoms with van der Waals surface area (Å²) in [4.78, 5) is 41.5. The minimum atomic E-state index is -1.01. The first-order valence-corrected chi connectivity index (χ1v) is 13.0. The van der Waals surface area contributed by atoms with Crippen LogP contribution in [-0.4, -0.2) is 46.7 Å². The molecule has 2 aromatic carbocycles. The molecule has 0 fully saturated rings. The van der Waals surface area contributed by atoms with Crippen LogP contribution in [-0.2, 0) is 20.7 Å². The lowest BCUT2D eigenvalue weighted by Gasteiger charge is -2.33. The number of carbonyl (C=O) groups is 3. The highest BCUT2D eigenvalue weighted by atomic mass is 32.1. The first-order valence-electron chi connectivity index (χ1n) is 12.4. The van der Waals surface area contributed by atoms with Gasteiger partial charge < -0.3 is 20.3 Å². The number of carbonyl (C=O) groups excluding carboxylic acids is 3. The lowest BCUT2D eigenvalue weighted by Crippen LogP contribution is -2.53. The maximum atomic E-state index is 13.8. The molecule has 0 saturated heterocycles. The van der Waals surface area contributed by atoms with Crippen LogP contribution in [0, 0.1) is 13.8 Å². The third-order valence-electron chi connectivity index (χ3n) is 5.77. The minimum absolute atomic E-state index is 0.0196. The number of nitrogens with one attached hydrogen (secondary N) is 2. The van der Waals surface area contributed by atoms with Gasteiger partial charge in [0.2, 0.25) is 5.91 Å². The predicted octanol–water partition coefficient (Wildman–Crippen LogP) is 5.38. The molecule has 0 aliphatic carbocycles. The highest BCUT2D eigenvalue weighted by Crippen LogP contribution is 2.27. The first-order chi connectivity index (χ1) is 17.4. The second kappa shape index (κ2) is 13.3. The van der Waals surface area contributed by atoms with Crippen LogP contribution in [0.1, 0.15) is 56.0 Å². The van der Waals surface area contributed by atoms with Gasteiger partial charge in [0.25, 0.3) is 5.91 Å². The molecule has 0 bridgehead atoms. The Hall–Kier alpha value is -3.26. The zero-order valence-electron chi connectivity index (χ0n) is 22.6. The Balaban J connectivity index is 2.50. The Morgan fingerprint density at radius 1 is 1.08 bits per heavy atom. The normalized spacial score (nSPS) is 12.7. The lowest BCUT2D eigenvalue weighted by atomic mass is 10.00. The Bertz CT molecular complexity index is 1090. The number of benzene rings is 2. The van der Waals surface area contributed by atoms with E-state index in [1.165, 1.54) is 4.90 Å². The van der Waals surface area contributed by atoms with E-state index in [-0.39, 0.29) is 18.2 Å². The molecule has 0 heterocycles. The summed E-state index contributed by atoms with van der Waals surface area (Å²) in [6.07, 6.45) is 1.67. The van der Waals surface area contributed by atoms with Crippen molar-refractivity contribution in [2.24, 2.45) is 0 Å². The Morgan fingerprint density at radius 3 is 2.16 bits per heavy atom. The van der Waals surface area contributed by atoms with E-state index in [2.05, 4.69) is 29.8 Å². The number of aryl methyl sites for hydroxylation is 3. The number of thiol groups is 1. The lowest BCUT2D eigenvalue weighted by molar-refractivity contribution is -0.139. The summed E-state index contributed by atoms with van der Waals surface area (Å²) in [6.45, 7) is 15.0. The fourth-order valence-electron chi connectivity index (χ4n) is 3.91. The number of amides is 3. The standard InChI is InChI=1S/C29H39N3O4S/c1-8-17-32(27(34)23(18-37)30-28(35)36-29(5,6)7)25(22-15-13-21(9-2)14-16-22)26(33)31-24-19(3)11-10-12-20(24)4/h8,10-16,23,25,37H,1,9,17-18H2,2-7H3,(H,30,35)(H,31,33). The molecule has 0 radical (unpaired) electrons. The molecular weight excluding hydrogens is 486 g/mol. The maximum Gasteiger partial charge on any atom is 0.408 e. The SMILES string of the molecule is C=CCN(C(=O)C(CS)NC(=O)OC(C)(C)C)C(C(=O)Nc1c(C)cccc1C)c1ccc(CC)cc1. The monoisotopic (exact) mass is 525 g/mol. The number of anilines is 1. The number of alkyl carbamates (subject to hydrolysis) is 1. The maximum absolute atomic E-state index is 13.8. The highest BCUT2D eigenvalue weighted by molar-refractivity contribution is 7.80. The number of hydrogen-bond acceptors (Lipinski definition) is 5. The predicted molar refractivity (Wildman–Crippen MR) is 152 cm³/mol. The molecular formula is C29H39N3O4S. The van der Waals surface area contributed by atoms with E-state index >= 15 is 0 Å². The van der Waals surface area contributed by atoms with Gasteiger partial charge in [-0.2, -0.15) is 12.6 Å². The van der Waals surface area contributed by atoms with Crippen molar-refractivity contribution in [3.05, 3.63) is 77.4 Å².